The van der Waals surface area contributed by atoms with Crippen molar-refractivity contribution in [3.8, 4) is 0 Å². The van der Waals surface area contributed by atoms with Crippen LogP contribution < -0.4 is 11.3 Å². The zero-order valence-corrected chi connectivity index (χ0v) is 10.8. The van der Waals surface area contributed by atoms with Crippen molar-refractivity contribution in [2.75, 3.05) is 18.1 Å². The Morgan fingerprint density at radius 2 is 2.65 bits per heavy atom. The third-order valence-electron chi connectivity index (χ3n) is 2.90. The van der Waals surface area contributed by atoms with E-state index in [2.05, 4.69) is 22.4 Å². The highest BCUT2D eigenvalue weighted by atomic mass is 32.2. The molecule has 1 aliphatic heterocycles. The Labute approximate surface area is 105 Å². The highest BCUT2D eigenvalue weighted by Gasteiger charge is 2.25. The average Bonchev–Trinajstić information content (AvgIpc) is 2.84. The molecule has 0 aromatic carbocycles. The first-order valence-corrected chi connectivity index (χ1v) is 7.02. The van der Waals surface area contributed by atoms with E-state index in [-0.39, 0.29) is 12.1 Å². The minimum Gasteiger partial charge on any atom is -0.375 e. The molecule has 6 nitrogen and oxygen atoms in total. The highest BCUT2D eigenvalue weighted by Crippen LogP contribution is 2.17. The van der Waals surface area contributed by atoms with Crippen molar-refractivity contribution in [2.24, 2.45) is 5.84 Å². The fourth-order valence-corrected chi connectivity index (χ4v) is 2.88. The van der Waals surface area contributed by atoms with E-state index in [0.29, 0.717) is 0 Å². The molecule has 1 aromatic heterocycles. The molecule has 1 fully saturated rings. The fourth-order valence-electron chi connectivity index (χ4n) is 1.94. The van der Waals surface area contributed by atoms with Crippen molar-refractivity contribution in [3.05, 3.63) is 12.2 Å². The average molecular weight is 257 g/mol. The van der Waals surface area contributed by atoms with E-state index >= 15 is 0 Å². The quantitative estimate of drug-likeness (QED) is 0.562. The van der Waals surface area contributed by atoms with E-state index < -0.39 is 0 Å². The Morgan fingerprint density at radius 3 is 3.29 bits per heavy atom. The third-order valence-corrected chi connectivity index (χ3v) is 3.92. The largest absolute Gasteiger partial charge is 0.375 e. The van der Waals surface area contributed by atoms with Gasteiger partial charge in [-0.3, -0.25) is 16.0 Å². The lowest BCUT2D eigenvalue weighted by Crippen LogP contribution is -2.49. The van der Waals surface area contributed by atoms with Crippen LogP contribution >= 0.6 is 11.8 Å². The lowest BCUT2D eigenvalue weighted by atomic mass is 10.1. The summed E-state index contributed by atoms with van der Waals surface area (Å²) < 4.78 is 7.62. The van der Waals surface area contributed by atoms with Gasteiger partial charge < -0.3 is 4.74 Å². The third kappa shape index (κ3) is 3.19. The summed E-state index contributed by atoms with van der Waals surface area (Å²) in [5.41, 5.74) is 2.84. The maximum atomic E-state index is 5.73. The second-order valence-corrected chi connectivity index (χ2v) is 5.10. The minimum atomic E-state index is 0.0947. The minimum absolute atomic E-state index is 0.0947. The predicted molar refractivity (Wildman–Crippen MR) is 67.6 cm³/mol. The van der Waals surface area contributed by atoms with E-state index in [0.717, 1.165) is 36.9 Å². The van der Waals surface area contributed by atoms with Gasteiger partial charge in [0.2, 0.25) is 0 Å². The Morgan fingerprint density at radius 1 is 1.76 bits per heavy atom. The summed E-state index contributed by atoms with van der Waals surface area (Å²) >= 11 is 1.91. The van der Waals surface area contributed by atoms with Gasteiger partial charge in [-0.2, -0.15) is 16.9 Å². The van der Waals surface area contributed by atoms with Crippen molar-refractivity contribution in [1.82, 2.24) is 20.2 Å². The van der Waals surface area contributed by atoms with Gasteiger partial charge in [0.1, 0.15) is 12.2 Å². The number of ether oxygens (including phenoxy) is 1. The molecular formula is C10H19N5OS. The van der Waals surface area contributed by atoms with Crippen LogP contribution in [0.3, 0.4) is 0 Å². The topological polar surface area (TPSA) is 78.0 Å². The molecule has 96 valence electrons. The summed E-state index contributed by atoms with van der Waals surface area (Å²) in [6.07, 6.45) is 2.49. The van der Waals surface area contributed by atoms with Crippen LogP contribution in [0.2, 0.25) is 0 Å². The summed E-state index contributed by atoms with van der Waals surface area (Å²) in [4.78, 5) is 4.26. The van der Waals surface area contributed by atoms with Gasteiger partial charge in [0.25, 0.3) is 0 Å². The van der Waals surface area contributed by atoms with E-state index in [9.17, 15) is 0 Å². The second kappa shape index (κ2) is 6.34. The SMILES string of the molecule is CCn1ncnc1CC(NN)C1CSCCO1. The maximum absolute atomic E-state index is 5.73. The number of hydrogen-bond acceptors (Lipinski definition) is 6. The van der Waals surface area contributed by atoms with Gasteiger partial charge >= 0.3 is 0 Å². The van der Waals surface area contributed by atoms with Gasteiger partial charge in [-0.05, 0) is 6.92 Å². The van der Waals surface area contributed by atoms with Crippen molar-refractivity contribution in [2.45, 2.75) is 32.0 Å². The smallest absolute Gasteiger partial charge is 0.138 e. The molecule has 2 rings (SSSR count). The van der Waals surface area contributed by atoms with E-state index in [1.807, 2.05) is 16.4 Å². The number of nitrogens with zero attached hydrogens (tertiary/aromatic N) is 3. The number of rotatable bonds is 5. The van der Waals surface area contributed by atoms with Crippen LogP contribution in [0.5, 0.6) is 0 Å². The molecule has 0 aliphatic carbocycles. The number of aryl methyl sites for hydroxylation is 1. The van der Waals surface area contributed by atoms with Gasteiger partial charge in [-0.25, -0.2) is 4.98 Å². The van der Waals surface area contributed by atoms with Crippen LogP contribution in [-0.2, 0) is 17.7 Å². The van der Waals surface area contributed by atoms with Crippen LogP contribution in [0.15, 0.2) is 6.33 Å². The number of thioether (sulfide) groups is 1. The van der Waals surface area contributed by atoms with Crippen molar-refractivity contribution in [3.63, 3.8) is 0 Å². The number of nitrogens with one attached hydrogen (secondary N) is 1. The monoisotopic (exact) mass is 257 g/mol. The second-order valence-electron chi connectivity index (χ2n) is 3.95. The zero-order valence-electron chi connectivity index (χ0n) is 10.0. The lowest BCUT2D eigenvalue weighted by molar-refractivity contribution is 0.0464. The fraction of sp³-hybridized carbons (Fsp3) is 0.800. The molecular weight excluding hydrogens is 238 g/mol. The first kappa shape index (κ1) is 12.8. The molecule has 3 N–H and O–H groups in total. The molecule has 2 unspecified atom stereocenters. The van der Waals surface area contributed by atoms with E-state index in [1.165, 1.54) is 0 Å². The summed E-state index contributed by atoms with van der Waals surface area (Å²) in [7, 11) is 0. The molecule has 1 saturated heterocycles. The molecule has 0 saturated carbocycles. The number of aromatic nitrogens is 3. The van der Waals surface area contributed by atoms with Gasteiger partial charge in [0.05, 0.1) is 18.8 Å². The predicted octanol–water partition coefficient (Wildman–Crippen LogP) is -0.196. The van der Waals surface area contributed by atoms with Crippen LogP contribution in [0.25, 0.3) is 0 Å². The Kier molecular flexibility index (Phi) is 4.78. The van der Waals surface area contributed by atoms with Crippen LogP contribution in [0, 0.1) is 0 Å². The van der Waals surface area contributed by atoms with Gasteiger partial charge in [-0.15, -0.1) is 0 Å². The Bertz CT molecular complexity index is 339. The molecule has 0 radical (unpaired) electrons. The summed E-state index contributed by atoms with van der Waals surface area (Å²) in [6.45, 7) is 3.68. The summed E-state index contributed by atoms with van der Waals surface area (Å²) in [6, 6.07) is 0.0947. The highest BCUT2D eigenvalue weighted by molar-refractivity contribution is 7.99. The number of hydrogen-bond donors (Lipinski definition) is 2. The van der Waals surface area contributed by atoms with Crippen LogP contribution in [-0.4, -0.2) is 45.0 Å². The maximum Gasteiger partial charge on any atom is 0.138 e. The molecule has 17 heavy (non-hydrogen) atoms. The zero-order chi connectivity index (χ0) is 12.1. The molecule has 2 atom stereocenters. The summed E-state index contributed by atoms with van der Waals surface area (Å²) in [5.74, 6) is 8.62. The molecule has 0 bridgehead atoms. The van der Waals surface area contributed by atoms with Crippen LogP contribution in [0.4, 0.5) is 0 Å². The normalized spacial score (nSPS) is 22.6. The van der Waals surface area contributed by atoms with Crippen molar-refractivity contribution in [1.29, 1.82) is 0 Å². The molecule has 1 aliphatic rings. The Hall–Kier alpha value is -0.630. The summed E-state index contributed by atoms with van der Waals surface area (Å²) in [5, 5.41) is 4.16. The molecule has 7 heteroatoms. The number of hydrazine groups is 1. The standard InChI is InChI=1S/C10H19N5OS/c1-2-15-10(12-7-13-15)5-8(14-11)9-6-17-4-3-16-9/h7-9,14H,2-6,11H2,1H3. The molecule has 0 amide bonds. The van der Waals surface area contributed by atoms with Crippen LogP contribution in [0.1, 0.15) is 12.7 Å². The molecule has 0 spiro atoms. The molecule has 2 heterocycles. The van der Waals surface area contributed by atoms with Gasteiger partial charge in [-0.1, -0.05) is 0 Å². The molecule has 1 aromatic rings. The van der Waals surface area contributed by atoms with E-state index in [1.54, 1.807) is 6.33 Å². The number of nitrogens with two attached hydrogens (primary N) is 1. The van der Waals surface area contributed by atoms with Gasteiger partial charge in [0, 0.05) is 24.5 Å². The lowest BCUT2D eigenvalue weighted by Gasteiger charge is -2.29. The Balaban J connectivity index is 1.98. The van der Waals surface area contributed by atoms with E-state index in [4.69, 9.17) is 10.6 Å². The van der Waals surface area contributed by atoms with Crippen molar-refractivity contribution >= 4 is 11.8 Å². The first-order valence-electron chi connectivity index (χ1n) is 5.87. The first-order chi connectivity index (χ1) is 8.35. The van der Waals surface area contributed by atoms with Crippen molar-refractivity contribution < 1.29 is 4.74 Å². The van der Waals surface area contributed by atoms with Gasteiger partial charge in [0.15, 0.2) is 0 Å².